The van der Waals surface area contributed by atoms with Crippen molar-refractivity contribution in [2.45, 2.75) is 0 Å². The third-order valence-electron chi connectivity index (χ3n) is 2.67. The zero-order valence-corrected chi connectivity index (χ0v) is 11.3. The lowest BCUT2D eigenvalue weighted by Gasteiger charge is -2.06. The minimum atomic E-state index is -0.667. The van der Waals surface area contributed by atoms with Gasteiger partial charge in [0.1, 0.15) is 5.56 Å². The highest BCUT2D eigenvalue weighted by Gasteiger charge is 2.20. The summed E-state index contributed by atoms with van der Waals surface area (Å²) in [6.45, 7) is 0. The van der Waals surface area contributed by atoms with Gasteiger partial charge < -0.3 is 5.32 Å². The van der Waals surface area contributed by atoms with E-state index < -0.39 is 10.8 Å². The minimum Gasteiger partial charge on any atom is -0.322 e. The van der Waals surface area contributed by atoms with Gasteiger partial charge in [-0.1, -0.05) is 11.6 Å². The Morgan fingerprint density at radius 3 is 2.48 bits per heavy atom. The molecule has 7 heteroatoms. The lowest BCUT2D eigenvalue weighted by Crippen LogP contribution is -2.13. The number of benzene rings is 2. The molecule has 0 heterocycles. The van der Waals surface area contributed by atoms with Crippen molar-refractivity contribution in [3.05, 3.63) is 68.7 Å². The summed E-state index contributed by atoms with van der Waals surface area (Å²) >= 11 is 5.69. The van der Waals surface area contributed by atoms with Crippen molar-refractivity contribution in [3.63, 3.8) is 0 Å². The van der Waals surface area contributed by atoms with E-state index in [1.165, 1.54) is 36.4 Å². The lowest BCUT2D eigenvalue weighted by atomic mass is 10.1. The molecule has 0 fully saturated rings. The number of nitro benzene ring substituents is 1. The molecule has 0 aliphatic rings. The summed E-state index contributed by atoms with van der Waals surface area (Å²) in [5.41, 5.74) is 0.427. The molecule has 0 aliphatic carbocycles. The average Bonchev–Trinajstić information content (AvgIpc) is 2.47. The number of hydrogen-bond acceptors (Lipinski definition) is 4. The molecule has 0 saturated heterocycles. The summed E-state index contributed by atoms with van der Waals surface area (Å²) in [5, 5.41) is 22.3. The average molecular weight is 302 g/mol. The number of hydrogen-bond donors (Lipinski definition) is 1. The molecule has 104 valence electrons. The first-order valence-corrected chi connectivity index (χ1v) is 6.14. The van der Waals surface area contributed by atoms with Crippen molar-refractivity contribution in [3.8, 4) is 6.07 Å². The van der Waals surface area contributed by atoms with E-state index in [9.17, 15) is 14.9 Å². The maximum Gasteiger partial charge on any atom is 0.283 e. The van der Waals surface area contributed by atoms with Gasteiger partial charge in [-0.3, -0.25) is 14.9 Å². The highest BCUT2D eigenvalue weighted by atomic mass is 35.5. The molecule has 6 nitrogen and oxygen atoms in total. The second kappa shape index (κ2) is 6.03. The molecule has 21 heavy (non-hydrogen) atoms. The van der Waals surface area contributed by atoms with Crippen molar-refractivity contribution in [1.82, 2.24) is 0 Å². The summed E-state index contributed by atoms with van der Waals surface area (Å²) in [4.78, 5) is 22.4. The number of anilines is 1. The molecule has 0 unspecified atom stereocenters. The first-order chi connectivity index (χ1) is 10.0. The monoisotopic (exact) mass is 301 g/mol. The van der Waals surface area contributed by atoms with Crippen molar-refractivity contribution in [2.24, 2.45) is 0 Å². The Kier molecular flexibility index (Phi) is 4.16. The number of nitro groups is 1. The van der Waals surface area contributed by atoms with Crippen molar-refractivity contribution >= 4 is 28.9 Å². The van der Waals surface area contributed by atoms with Crippen molar-refractivity contribution in [1.29, 1.82) is 5.26 Å². The van der Waals surface area contributed by atoms with Gasteiger partial charge in [0, 0.05) is 16.8 Å². The Morgan fingerprint density at radius 2 is 1.90 bits per heavy atom. The maximum atomic E-state index is 12.1. The van der Waals surface area contributed by atoms with Crippen molar-refractivity contribution < 1.29 is 9.72 Å². The fourth-order valence-electron chi connectivity index (χ4n) is 1.67. The molecule has 0 saturated carbocycles. The number of carbonyl (C=O) groups is 1. The Hall–Kier alpha value is -2.91. The number of amides is 1. The first kappa shape index (κ1) is 14.5. The van der Waals surface area contributed by atoms with Gasteiger partial charge in [0.2, 0.25) is 0 Å². The molecule has 1 amide bonds. The summed E-state index contributed by atoms with van der Waals surface area (Å²) in [6, 6.07) is 11.9. The standard InChI is InChI=1S/C14H8ClN3O3/c15-10-3-6-12(13(7-10)18(20)21)14(19)17-11-4-1-9(8-16)2-5-11/h1-7H,(H,17,19). The summed E-state index contributed by atoms with van der Waals surface area (Å²) in [6.07, 6.45) is 0. The van der Waals surface area contributed by atoms with E-state index in [-0.39, 0.29) is 16.3 Å². The molecule has 1 N–H and O–H groups in total. The summed E-state index contributed by atoms with van der Waals surface area (Å²) < 4.78 is 0. The second-order valence-electron chi connectivity index (χ2n) is 4.06. The van der Waals surface area contributed by atoms with Gasteiger partial charge in [0.15, 0.2) is 0 Å². The van der Waals surface area contributed by atoms with Crippen LogP contribution in [0.25, 0.3) is 0 Å². The van der Waals surface area contributed by atoms with E-state index in [2.05, 4.69) is 5.32 Å². The van der Waals surface area contributed by atoms with Crippen LogP contribution in [0.1, 0.15) is 15.9 Å². The quantitative estimate of drug-likeness (QED) is 0.694. The predicted molar refractivity (Wildman–Crippen MR) is 77.2 cm³/mol. The Balaban J connectivity index is 2.28. The fraction of sp³-hybridized carbons (Fsp3) is 0. The number of carbonyl (C=O) groups excluding carboxylic acids is 1. The number of nitrogens with zero attached hydrogens (tertiary/aromatic N) is 2. The molecule has 2 rings (SSSR count). The van der Waals surface area contributed by atoms with Crippen LogP contribution in [0.2, 0.25) is 5.02 Å². The van der Waals surface area contributed by atoms with E-state index >= 15 is 0 Å². The zero-order chi connectivity index (χ0) is 15.4. The molecule has 2 aromatic carbocycles. The van der Waals surface area contributed by atoms with Gasteiger partial charge in [-0.25, -0.2) is 0 Å². The largest absolute Gasteiger partial charge is 0.322 e. The SMILES string of the molecule is N#Cc1ccc(NC(=O)c2ccc(Cl)cc2[N+](=O)[O-])cc1. The number of nitriles is 1. The molecular weight excluding hydrogens is 294 g/mol. The molecule has 0 bridgehead atoms. The van der Waals surface area contributed by atoms with E-state index in [0.29, 0.717) is 11.3 Å². The Morgan fingerprint density at radius 1 is 1.24 bits per heavy atom. The maximum absolute atomic E-state index is 12.1. The van der Waals surface area contributed by atoms with Crippen LogP contribution < -0.4 is 5.32 Å². The van der Waals surface area contributed by atoms with E-state index in [1.54, 1.807) is 0 Å². The number of nitrogens with one attached hydrogen (secondary N) is 1. The van der Waals surface area contributed by atoms with Gasteiger partial charge >= 0.3 is 0 Å². The van der Waals surface area contributed by atoms with Gasteiger partial charge in [0.25, 0.3) is 11.6 Å². The van der Waals surface area contributed by atoms with Gasteiger partial charge in [0.05, 0.1) is 16.6 Å². The van der Waals surface area contributed by atoms with Gasteiger partial charge in [-0.2, -0.15) is 5.26 Å². The van der Waals surface area contributed by atoms with Crippen LogP contribution >= 0.6 is 11.6 Å². The minimum absolute atomic E-state index is 0.0891. The smallest absolute Gasteiger partial charge is 0.283 e. The third-order valence-corrected chi connectivity index (χ3v) is 2.91. The van der Waals surface area contributed by atoms with Crippen LogP contribution in [0.3, 0.4) is 0 Å². The second-order valence-corrected chi connectivity index (χ2v) is 4.50. The third kappa shape index (κ3) is 3.35. The van der Waals surface area contributed by atoms with Crippen LogP contribution in [-0.2, 0) is 0 Å². The molecular formula is C14H8ClN3O3. The number of halogens is 1. The first-order valence-electron chi connectivity index (χ1n) is 5.76. The molecule has 0 atom stereocenters. The fourth-order valence-corrected chi connectivity index (χ4v) is 1.84. The van der Waals surface area contributed by atoms with Crippen LogP contribution in [-0.4, -0.2) is 10.8 Å². The van der Waals surface area contributed by atoms with Crippen LogP contribution in [0.15, 0.2) is 42.5 Å². The number of rotatable bonds is 3. The summed E-state index contributed by atoms with van der Waals surface area (Å²) in [5.74, 6) is -0.622. The van der Waals surface area contributed by atoms with Crippen LogP contribution in [0.5, 0.6) is 0 Å². The lowest BCUT2D eigenvalue weighted by molar-refractivity contribution is -0.385. The molecule has 0 radical (unpaired) electrons. The normalized spacial score (nSPS) is 9.71. The summed E-state index contributed by atoms with van der Waals surface area (Å²) in [7, 11) is 0. The Labute approximate surface area is 124 Å². The molecule has 0 aliphatic heterocycles. The Bertz CT molecular complexity index is 751. The van der Waals surface area contributed by atoms with Gasteiger partial charge in [-0.15, -0.1) is 0 Å². The zero-order valence-electron chi connectivity index (χ0n) is 10.5. The topological polar surface area (TPSA) is 96.0 Å². The van der Waals surface area contributed by atoms with Crippen LogP contribution in [0.4, 0.5) is 11.4 Å². The van der Waals surface area contributed by atoms with Crippen LogP contribution in [0, 0.1) is 21.4 Å². The van der Waals surface area contributed by atoms with E-state index in [1.807, 2.05) is 6.07 Å². The molecule has 0 spiro atoms. The highest BCUT2D eigenvalue weighted by Crippen LogP contribution is 2.24. The molecule has 2 aromatic rings. The van der Waals surface area contributed by atoms with E-state index in [4.69, 9.17) is 16.9 Å². The predicted octanol–water partition coefficient (Wildman–Crippen LogP) is 3.37. The van der Waals surface area contributed by atoms with Gasteiger partial charge in [-0.05, 0) is 36.4 Å². The van der Waals surface area contributed by atoms with Crippen molar-refractivity contribution in [2.75, 3.05) is 5.32 Å². The highest BCUT2D eigenvalue weighted by molar-refractivity contribution is 6.31. The molecule has 0 aromatic heterocycles. The van der Waals surface area contributed by atoms with E-state index in [0.717, 1.165) is 6.07 Å².